The molecule has 0 amide bonds. The minimum absolute atomic E-state index is 0.112. The Hall–Kier alpha value is -0.850. The van der Waals surface area contributed by atoms with E-state index in [4.69, 9.17) is 0 Å². The normalized spacial score (nSPS) is 31.9. The average Bonchev–Trinajstić information content (AvgIpc) is 2.75. The molecule has 0 aromatic heterocycles. The molecule has 0 aliphatic heterocycles. The van der Waals surface area contributed by atoms with Gasteiger partial charge in [0.2, 0.25) is 0 Å². The molecule has 5 unspecified atom stereocenters. The lowest BCUT2D eigenvalue weighted by Gasteiger charge is -2.42. The molecule has 0 heterocycles. The lowest BCUT2D eigenvalue weighted by molar-refractivity contribution is 0.115. The third-order valence-electron chi connectivity index (χ3n) is 8.85. The quantitative estimate of drug-likeness (QED) is 0.403. The van der Waals surface area contributed by atoms with Gasteiger partial charge in [-0.05, 0) is 104 Å². The van der Waals surface area contributed by atoms with Gasteiger partial charge in [0.25, 0.3) is 0 Å². The summed E-state index contributed by atoms with van der Waals surface area (Å²) in [6, 6.07) is 4.25. The van der Waals surface area contributed by atoms with Crippen LogP contribution in [0.25, 0.3) is 0 Å². The summed E-state index contributed by atoms with van der Waals surface area (Å²) in [5.74, 6) is 4.13. The largest absolute Gasteiger partial charge is 0.207 e. The molecule has 5 atom stereocenters. The maximum absolute atomic E-state index is 15.2. The molecule has 1 aromatic carbocycles. The molecule has 162 valence electrons. The Morgan fingerprint density at radius 3 is 2.48 bits per heavy atom. The molecule has 29 heavy (non-hydrogen) atoms. The van der Waals surface area contributed by atoms with Gasteiger partial charge in [0.15, 0.2) is 0 Å². The second-order valence-corrected chi connectivity index (χ2v) is 10.7. The molecule has 0 radical (unpaired) electrons. The van der Waals surface area contributed by atoms with Gasteiger partial charge < -0.3 is 0 Å². The molecule has 0 bridgehead atoms. The van der Waals surface area contributed by atoms with Crippen LogP contribution in [0.3, 0.4) is 0 Å². The van der Waals surface area contributed by atoms with Crippen molar-refractivity contribution in [2.75, 3.05) is 0 Å². The Balaban J connectivity index is 1.38. The predicted octanol–water partition coefficient (Wildman–Crippen LogP) is 8.61. The first kappa shape index (κ1) is 21.4. The fraction of sp³-hybridized carbons (Fsp3) is 0.786. The molecule has 0 N–H and O–H groups in total. The van der Waals surface area contributed by atoms with Crippen molar-refractivity contribution in [2.45, 2.75) is 116 Å². The third kappa shape index (κ3) is 5.08. The Morgan fingerprint density at radius 2 is 1.66 bits per heavy atom. The van der Waals surface area contributed by atoms with E-state index in [0.29, 0.717) is 5.92 Å². The smallest absolute Gasteiger partial charge is 0.126 e. The summed E-state index contributed by atoms with van der Waals surface area (Å²) >= 11 is 0. The van der Waals surface area contributed by atoms with Gasteiger partial charge in [0, 0.05) is 0 Å². The maximum atomic E-state index is 15.2. The minimum atomic E-state index is 0.112. The summed E-state index contributed by atoms with van der Waals surface area (Å²) in [5.41, 5.74) is 3.87. The van der Waals surface area contributed by atoms with Crippen molar-refractivity contribution in [3.05, 3.63) is 34.6 Å². The number of aryl methyl sites for hydroxylation is 1. The van der Waals surface area contributed by atoms with Gasteiger partial charge in [-0.1, -0.05) is 64.9 Å². The number of hydrogen-bond acceptors (Lipinski definition) is 0. The fourth-order valence-electron chi connectivity index (χ4n) is 6.93. The van der Waals surface area contributed by atoms with Crippen molar-refractivity contribution in [3.63, 3.8) is 0 Å². The number of rotatable bonds is 7. The van der Waals surface area contributed by atoms with Gasteiger partial charge in [-0.3, -0.25) is 0 Å². The second kappa shape index (κ2) is 9.97. The van der Waals surface area contributed by atoms with Crippen LogP contribution in [0.1, 0.15) is 120 Å². The van der Waals surface area contributed by atoms with E-state index in [0.717, 1.165) is 35.7 Å². The highest BCUT2D eigenvalue weighted by Crippen LogP contribution is 2.49. The number of hydrogen-bond donors (Lipinski definition) is 0. The molecular weight excluding hydrogens is 355 g/mol. The summed E-state index contributed by atoms with van der Waals surface area (Å²) in [7, 11) is 0. The molecule has 2 saturated carbocycles. The van der Waals surface area contributed by atoms with E-state index < -0.39 is 0 Å². The van der Waals surface area contributed by atoms with E-state index in [2.05, 4.69) is 19.9 Å². The highest BCUT2D eigenvalue weighted by Gasteiger charge is 2.36. The predicted molar refractivity (Wildman–Crippen MR) is 122 cm³/mol. The van der Waals surface area contributed by atoms with Crippen LogP contribution in [-0.4, -0.2) is 0 Å². The Labute approximate surface area is 179 Å². The SMILES string of the molecule is CCCCCCC1CCc2cc(C3CCC4CC(CC)CCC4C3)c(F)cc2C1. The average molecular weight is 399 g/mol. The third-order valence-corrected chi connectivity index (χ3v) is 8.85. The highest BCUT2D eigenvalue weighted by molar-refractivity contribution is 5.37. The summed E-state index contributed by atoms with van der Waals surface area (Å²) < 4.78 is 15.2. The van der Waals surface area contributed by atoms with Gasteiger partial charge >= 0.3 is 0 Å². The fourth-order valence-corrected chi connectivity index (χ4v) is 6.93. The minimum Gasteiger partial charge on any atom is -0.207 e. The second-order valence-electron chi connectivity index (χ2n) is 10.7. The molecule has 0 spiro atoms. The Bertz CT molecular complexity index is 663. The molecule has 1 heteroatoms. The van der Waals surface area contributed by atoms with Crippen LogP contribution in [0.5, 0.6) is 0 Å². The van der Waals surface area contributed by atoms with E-state index in [1.165, 1.54) is 101 Å². The molecular formula is C28H43F. The van der Waals surface area contributed by atoms with E-state index in [-0.39, 0.29) is 5.82 Å². The maximum Gasteiger partial charge on any atom is 0.126 e. The van der Waals surface area contributed by atoms with E-state index in [1.807, 2.05) is 6.07 Å². The van der Waals surface area contributed by atoms with Gasteiger partial charge in [-0.2, -0.15) is 0 Å². The zero-order chi connectivity index (χ0) is 20.2. The lowest BCUT2D eigenvalue weighted by Crippen LogP contribution is -2.30. The van der Waals surface area contributed by atoms with E-state index in [9.17, 15) is 0 Å². The first-order valence-corrected chi connectivity index (χ1v) is 13.0. The number of benzene rings is 1. The van der Waals surface area contributed by atoms with Crippen LogP contribution in [0, 0.1) is 29.5 Å². The summed E-state index contributed by atoms with van der Waals surface area (Å²) in [6.45, 7) is 4.63. The summed E-state index contributed by atoms with van der Waals surface area (Å²) in [6.07, 6.45) is 19.8. The van der Waals surface area contributed by atoms with Crippen molar-refractivity contribution in [1.82, 2.24) is 0 Å². The van der Waals surface area contributed by atoms with E-state index in [1.54, 1.807) is 0 Å². The summed E-state index contributed by atoms with van der Waals surface area (Å²) in [5, 5.41) is 0. The Morgan fingerprint density at radius 1 is 0.828 bits per heavy atom. The standard InChI is InChI=1S/C28H43F/c1-3-5-6-7-8-21-10-12-24-18-27(28(29)19-26(24)16-21)25-14-13-22-15-20(4-2)9-11-23(22)17-25/h18-23,25H,3-17H2,1-2H3. The molecule has 3 aliphatic rings. The lowest BCUT2D eigenvalue weighted by atomic mass is 9.63. The van der Waals surface area contributed by atoms with Crippen LogP contribution in [0.2, 0.25) is 0 Å². The van der Waals surface area contributed by atoms with Crippen LogP contribution < -0.4 is 0 Å². The molecule has 0 saturated heterocycles. The van der Waals surface area contributed by atoms with Crippen LogP contribution >= 0.6 is 0 Å². The topological polar surface area (TPSA) is 0 Å². The van der Waals surface area contributed by atoms with Crippen molar-refractivity contribution < 1.29 is 4.39 Å². The first-order valence-electron chi connectivity index (χ1n) is 13.0. The Kier molecular flexibility index (Phi) is 7.35. The van der Waals surface area contributed by atoms with Gasteiger partial charge in [0.05, 0.1) is 0 Å². The van der Waals surface area contributed by atoms with Crippen molar-refractivity contribution in [1.29, 1.82) is 0 Å². The molecule has 1 aromatic rings. The van der Waals surface area contributed by atoms with Gasteiger partial charge in [-0.25, -0.2) is 4.39 Å². The highest BCUT2D eigenvalue weighted by atomic mass is 19.1. The molecule has 2 fully saturated rings. The first-order chi connectivity index (χ1) is 14.2. The van der Waals surface area contributed by atoms with Crippen LogP contribution in [0.15, 0.2) is 12.1 Å². The number of unbranched alkanes of at least 4 members (excludes halogenated alkanes) is 3. The van der Waals surface area contributed by atoms with Crippen molar-refractivity contribution in [3.8, 4) is 0 Å². The van der Waals surface area contributed by atoms with Gasteiger partial charge in [0.1, 0.15) is 5.82 Å². The molecule has 4 rings (SSSR count). The van der Waals surface area contributed by atoms with Crippen molar-refractivity contribution >= 4 is 0 Å². The zero-order valence-electron chi connectivity index (χ0n) is 19.0. The van der Waals surface area contributed by atoms with Crippen LogP contribution in [0.4, 0.5) is 4.39 Å². The number of fused-ring (bicyclic) bond motifs is 2. The molecule has 0 nitrogen and oxygen atoms in total. The zero-order valence-corrected chi connectivity index (χ0v) is 19.0. The number of halogens is 1. The van der Waals surface area contributed by atoms with Gasteiger partial charge in [-0.15, -0.1) is 0 Å². The molecule has 3 aliphatic carbocycles. The van der Waals surface area contributed by atoms with E-state index >= 15 is 4.39 Å². The monoisotopic (exact) mass is 398 g/mol. The summed E-state index contributed by atoms with van der Waals surface area (Å²) in [4.78, 5) is 0. The van der Waals surface area contributed by atoms with Crippen molar-refractivity contribution in [2.24, 2.45) is 23.7 Å². The van der Waals surface area contributed by atoms with Crippen LogP contribution in [-0.2, 0) is 12.8 Å².